The van der Waals surface area contributed by atoms with Gasteiger partial charge in [0.15, 0.2) is 6.61 Å². The number of aromatic hydroxyl groups is 1. The maximum absolute atomic E-state index is 11.8. The van der Waals surface area contributed by atoms with Gasteiger partial charge < -0.3 is 15.2 Å². The molecule has 5 nitrogen and oxygen atoms in total. The van der Waals surface area contributed by atoms with E-state index in [1.807, 2.05) is 0 Å². The van der Waals surface area contributed by atoms with Crippen LogP contribution in [0.4, 0.5) is 0 Å². The second-order valence-corrected chi connectivity index (χ2v) is 5.51. The molecule has 0 saturated carbocycles. The van der Waals surface area contributed by atoms with Crippen molar-refractivity contribution in [1.82, 2.24) is 5.32 Å². The number of benzene rings is 2. The Balaban J connectivity index is 1.81. The smallest absolute Gasteiger partial charge is 0.342 e. The molecule has 0 atom stereocenters. The summed E-state index contributed by atoms with van der Waals surface area (Å²) in [5, 5.41) is 13.1. The Labute approximate surface area is 142 Å². The summed E-state index contributed by atoms with van der Waals surface area (Å²) in [4.78, 5) is 23.4. The molecule has 0 bridgehead atoms. The van der Waals surface area contributed by atoms with Crippen LogP contribution in [-0.4, -0.2) is 23.6 Å². The lowest BCUT2D eigenvalue weighted by atomic mass is 10.2. The van der Waals surface area contributed by atoms with Gasteiger partial charge in [0.25, 0.3) is 5.91 Å². The van der Waals surface area contributed by atoms with Gasteiger partial charge in [-0.15, -0.1) is 0 Å². The van der Waals surface area contributed by atoms with E-state index >= 15 is 0 Å². The zero-order chi connectivity index (χ0) is 16.8. The van der Waals surface area contributed by atoms with Gasteiger partial charge in [-0.1, -0.05) is 35.3 Å². The van der Waals surface area contributed by atoms with Crippen LogP contribution < -0.4 is 5.32 Å². The van der Waals surface area contributed by atoms with E-state index in [0.29, 0.717) is 16.6 Å². The first-order valence-electron chi connectivity index (χ1n) is 6.62. The van der Waals surface area contributed by atoms with Crippen LogP contribution in [-0.2, 0) is 16.1 Å². The Kier molecular flexibility index (Phi) is 5.84. The summed E-state index contributed by atoms with van der Waals surface area (Å²) in [5.74, 6) is -1.56. The molecule has 0 radical (unpaired) electrons. The number of ether oxygens (including phenoxy) is 1. The number of nitrogens with one attached hydrogen (secondary N) is 1. The molecule has 0 spiro atoms. The molecule has 0 aliphatic carbocycles. The minimum absolute atomic E-state index is 0.0556. The number of carbonyl (C=O) groups excluding carboxylic acids is 2. The molecule has 2 aromatic carbocycles. The Morgan fingerprint density at radius 3 is 2.35 bits per heavy atom. The molecular formula is C16H13Cl2NO4. The maximum atomic E-state index is 11.8. The van der Waals surface area contributed by atoms with Crippen LogP contribution in [0.25, 0.3) is 0 Å². The lowest BCUT2D eigenvalue weighted by Gasteiger charge is -2.08. The van der Waals surface area contributed by atoms with Crippen molar-refractivity contribution in [2.45, 2.75) is 6.54 Å². The van der Waals surface area contributed by atoms with E-state index in [-0.39, 0.29) is 11.3 Å². The standard InChI is InChI=1S/C16H13Cl2NO4/c17-11-3-1-10(2-4-11)8-19-15(21)9-23-16(22)13-6-5-12(18)7-14(13)20/h1-7,20H,8-9H2,(H,19,21). The minimum atomic E-state index is -0.805. The molecule has 0 saturated heterocycles. The molecule has 2 rings (SSSR count). The first kappa shape index (κ1) is 17.1. The summed E-state index contributed by atoms with van der Waals surface area (Å²) in [6, 6.07) is 11.0. The minimum Gasteiger partial charge on any atom is -0.507 e. The fraction of sp³-hybridized carbons (Fsp3) is 0.125. The van der Waals surface area contributed by atoms with Gasteiger partial charge in [-0.2, -0.15) is 0 Å². The number of phenolic OH excluding ortho intramolecular Hbond substituents is 1. The van der Waals surface area contributed by atoms with Gasteiger partial charge in [-0.3, -0.25) is 4.79 Å². The third-order valence-electron chi connectivity index (χ3n) is 2.92. The van der Waals surface area contributed by atoms with E-state index < -0.39 is 18.5 Å². The van der Waals surface area contributed by atoms with Gasteiger partial charge in [0.05, 0.1) is 0 Å². The molecule has 0 heterocycles. The summed E-state index contributed by atoms with van der Waals surface area (Å²) >= 11 is 11.4. The fourth-order valence-electron chi connectivity index (χ4n) is 1.74. The van der Waals surface area contributed by atoms with E-state index in [1.165, 1.54) is 18.2 Å². The molecule has 0 unspecified atom stereocenters. The van der Waals surface area contributed by atoms with Gasteiger partial charge in [0, 0.05) is 16.6 Å². The van der Waals surface area contributed by atoms with Crippen LogP contribution in [0.2, 0.25) is 10.0 Å². The number of hydrogen-bond donors (Lipinski definition) is 2. The van der Waals surface area contributed by atoms with E-state index in [2.05, 4.69) is 5.32 Å². The summed E-state index contributed by atoms with van der Waals surface area (Å²) < 4.78 is 4.84. The van der Waals surface area contributed by atoms with Crippen LogP contribution >= 0.6 is 23.2 Å². The largest absolute Gasteiger partial charge is 0.507 e. The topological polar surface area (TPSA) is 75.6 Å². The Hall–Kier alpha value is -2.24. The van der Waals surface area contributed by atoms with Crippen LogP contribution in [0.5, 0.6) is 5.75 Å². The number of halogens is 2. The molecule has 1 amide bonds. The average molecular weight is 354 g/mol. The lowest BCUT2D eigenvalue weighted by Crippen LogP contribution is -2.28. The molecule has 0 fully saturated rings. The van der Waals surface area contributed by atoms with Crippen molar-refractivity contribution in [3.63, 3.8) is 0 Å². The average Bonchev–Trinajstić information content (AvgIpc) is 2.52. The maximum Gasteiger partial charge on any atom is 0.342 e. The van der Waals surface area contributed by atoms with Crippen LogP contribution in [0, 0.1) is 0 Å². The normalized spacial score (nSPS) is 10.2. The molecule has 2 N–H and O–H groups in total. The van der Waals surface area contributed by atoms with Crippen LogP contribution in [0.15, 0.2) is 42.5 Å². The number of phenols is 1. The summed E-state index contributed by atoms with van der Waals surface area (Å²) in [6.07, 6.45) is 0. The molecule has 2 aromatic rings. The highest BCUT2D eigenvalue weighted by molar-refractivity contribution is 6.31. The van der Waals surface area contributed by atoms with Crippen molar-refractivity contribution in [3.05, 3.63) is 63.6 Å². The molecule has 0 aromatic heterocycles. The highest BCUT2D eigenvalue weighted by Gasteiger charge is 2.14. The summed E-state index contributed by atoms with van der Waals surface area (Å²) in [5.41, 5.74) is 0.810. The van der Waals surface area contributed by atoms with Gasteiger partial charge in [-0.25, -0.2) is 4.79 Å². The van der Waals surface area contributed by atoms with E-state index in [1.54, 1.807) is 24.3 Å². The van der Waals surface area contributed by atoms with Crippen molar-refractivity contribution in [1.29, 1.82) is 0 Å². The Bertz CT molecular complexity index is 717. The van der Waals surface area contributed by atoms with E-state index in [0.717, 1.165) is 5.56 Å². The van der Waals surface area contributed by atoms with Gasteiger partial charge in [-0.05, 0) is 35.9 Å². The van der Waals surface area contributed by atoms with E-state index in [4.69, 9.17) is 27.9 Å². The third kappa shape index (κ3) is 5.16. The van der Waals surface area contributed by atoms with Crippen molar-refractivity contribution in [2.75, 3.05) is 6.61 Å². The van der Waals surface area contributed by atoms with E-state index in [9.17, 15) is 14.7 Å². The monoisotopic (exact) mass is 353 g/mol. The molecular weight excluding hydrogens is 341 g/mol. The number of rotatable bonds is 5. The fourth-order valence-corrected chi connectivity index (χ4v) is 2.03. The first-order chi connectivity index (χ1) is 11.0. The molecule has 23 heavy (non-hydrogen) atoms. The highest BCUT2D eigenvalue weighted by atomic mass is 35.5. The summed E-state index contributed by atoms with van der Waals surface area (Å²) in [6.45, 7) is -0.158. The molecule has 0 aliphatic heterocycles. The van der Waals surface area contributed by atoms with Gasteiger partial charge in [0.2, 0.25) is 0 Å². The highest BCUT2D eigenvalue weighted by Crippen LogP contribution is 2.22. The molecule has 7 heteroatoms. The first-order valence-corrected chi connectivity index (χ1v) is 7.38. The van der Waals surface area contributed by atoms with Gasteiger partial charge in [0.1, 0.15) is 11.3 Å². The van der Waals surface area contributed by atoms with Crippen molar-refractivity contribution < 1.29 is 19.4 Å². The predicted octanol–water partition coefficient (Wildman–Crippen LogP) is 3.17. The molecule has 120 valence electrons. The summed E-state index contributed by atoms with van der Waals surface area (Å²) in [7, 11) is 0. The van der Waals surface area contributed by atoms with Gasteiger partial charge >= 0.3 is 5.97 Å². The van der Waals surface area contributed by atoms with Crippen molar-refractivity contribution in [3.8, 4) is 5.75 Å². The molecule has 0 aliphatic rings. The lowest BCUT2D eigenvalue weighted by molar-refractivity contribution is -0.124. The Morgan fingerprint density at radius 1 is 1.04 bits per heavy atom. The van der Waals surface area contributed by atoms with Crippen LogP contribution in [0.1, 0.15) is 15.9 Å². The number of carbonyl (C=O) groups is 2. The second-order valence-electron chi connectivity index (χ2n) is 4.64. The van der Waals surface area contributed by atoms with Crippen molar-refractivity contribution >= 4 is 35.1 Å². The second kappa shape index (κ2) is 7.85. The zero-order valence-corrected chi connectivity index (χ0v) is 13.4. The Morgan fingerprint density at radius 2 is 1.70 bits per heavy atom. The SMILES string of the molecule is O=C(COC(=O)c1ccc(Cl)cc1O)NCc1ccc(Cl)cc1. The van der Waals surface area contributed by atoms with Crippen molar-refractivity contribution in [2.24, 2.45) is 0 Å². The van der Waals surface area contributed by atoms with Crippen LogP contribution in [0.3, 0.4) is 0 Å². The number of esters is 1. The number of amides is 1. The third-order valence-corrected chi connectivity index (χ3v) is 3.40. The predicted molar refractivity (Wildman–Crippen MR) is 86.7 cm³/mol. The zero-order valence-electron chi connectivity index (χ0n) is 11.9. The number of hydrogen-bond acceptors (Lipinski definition) is 4. The quantitative estimate of drug-likeness (QED) is 0.809.